The number of benzene rings is 4. The second-order valence-electron chi connectivity index (χ2n) is 8.76. The molecule has 4 aromatic carbocycles. The van der Waals surface area contributed by atoms with E-state index < -0.39 is 15.6 Å². The van der Waals surface area contributed by atoms with Crippen molar-refractivity contribution in [3.05, 3.63) is 70.0 Å². The van der Waals surface area contributed by atoms with Gasteiger partial charge < -0.3 is 14.4 Å². The van der Waals surface area contributed by atoms with Gasteiger partial charge in [-0.15, -0.1) is 0 Å². The number of phenolic OH excluding ortho intramolecular Hbond substituents is 2. The second-order valence-corrected chi connectivity index (χ2v) is 13.7. The highest BCUT2D eigenvalue weighted by Crippen LogP contribution is 2.42. The van der Waals surface area contributed by atoms with Crippen molar-refractivity contribution in [2.75, 3.05) is 0 Å². The van der Waals surface area contributed by atoms with Crippen LogP contribution in [0.2, 0.25) is 0 Å². The van der Waals surface area contributed by atoms with Gasteiger partial charge in [0.15, 0.2) is 5.75 Å². The number of hydrogen-bond acceptors (Lipinski definition) is 5. The zero-order valence-corrected chi connectivity index (χ0v) is 28.1. The number of alkyl halides is 3. The summed E-state index contributed by atoms with van der Waals surface area (Å²) < 4.78 is 66.7. The number of halogens is 7. The summed E-state index contributed by atoms with van der Waals surface area (Å²) in [6, 6.07) is 6.92. The minimum atomic E-state index is -5.73. The van der Waals surface area contributed by atoms with Crippen molar-refractivity contribution < 1.29 is 36.0 Å². The fourth-order valence-electron chi connectivity index (χ4n) is 3.92. The van der Waals surface area contributed by atoms with Gasteiger partial charge >= 0.3 is 15.6 Å². The number of rotatable bonds is 2. The van der Waals surface area contributed by atoms with Gasteiger partial charge in [-0.25, -0.2) is 0 Å². The van der Waals surface area contributed by atoms with Crippen LogP contribution in [0.1, 0.15) is 27.8 Å². The number of hydrogen-bond donors (Lipinski definition) is 2. The lowest BCUT2D eigenvalue weighted by Gasteiger charge is -2.17. The largest absolute Gasteiger partial charge is 0.534 e. The molecule has 4 aromatic rings. The van der Waals surface area contributed by atoms with E-state index in [1.807, 2.05) is 39.8 Å². The molecule has 0 aliphatic heterocycles. The van der Waals surface area contributed by atoms with Crippen molar-refractivity contribution in [1.82, 2.24) is 0 Å². The van der Waals surface area contributed by atoms with Crippen molar-refractivity contribution in [2.45, 2.75) is 40.1 Å². The number of aromatic hydroxyl groups is 2. The molecule has 0 bridgehead atoms. The van der Waals surface area contributed by atoms with E-state index in [9.17, 15) is 31.8 Å². The summed E-state index contributed by atoms with van der Waals surface area (Å²) in [4.78, 5) is 0. The molecule has 0 spiro atoms. The molecule has 0 saturated heterocycles. The van der Waals surface area contributed by atoms with Gasteiger partial charge in [-0.2, -0.15) is 21.6 Å². The number of phenols is 2. The van der Waals surface area contributed by atoms with Gasteiger partial charge in [0.1, 0.15) is 11.5 Å². The molecule has 0 aromatic heterocycles. The smallest absolute Gasteiger partial charge is 0.506 e. The molecule has 0 heterocycles. The molecule has 0 unspecified atom stereocenters. The summed E-state index contributed by atoms with van der Waals surface area (Å²) in [6.07, 6.45) is 0. The van der Waals surface area contributed by atoms with Gasteiger partial charge in [0.05, 0.1) is 13.4 Å². The summed E-state index contributed by atoms with van der Waals surface area (Å²) in [7, 11) is -5.73. The first-order valence-corrected chi connectivity index (χ1v) is 15.6. The fourth-order valence-corrected chi connectivity index (χ4v) is 6.75. The molecule has 5 nitrogen and oxygen atoms in total. The molecule has 210 valence electrons. The van der Waals surface area contributed by atoms with E-state index in [2.05, 4.69) is 67.9 Å². The lowest BCUT2D eigenvalue weighted by Crippen LogP contribution is -2.28. The third-order valence-electron chi connectivity index (χ3n) is 6.40. The Morgan fingerprint density at radius 2 is 0.974 bits per heavy atom. The minimum absolute atomic E-state index is 0.139. The molecule has 0 radical (unpaired) electrons. The van der Waals surface area contributed by atoms with Gasteiger partial charge in [-0.05, 0) is 150 Å². The van der Waals surface area contributed by atoms with Crippen molar-refractivity contribution in [2.24, 2.45) is 0 Å². The molecular formula is C26H21Br4F3O5S. The fraction of sp³-hybridized carbons (Fsp3) is 0.231. The van der Waals surface area contributed by atoms with Crippen LogP contribution in [-0.2, 0) is 10.1 Å². The van der Waals surface area contributed by atoms with Crippen LogP contribution >= 0.6 is 63.7 Å². The molecule has 13 heteroatoms. The van der Waals surface area contributed by atoms with Crippen LogP contribution in [0.5, 0.6) is 17.2 Å². The maximum absolute atomic E-state index is 12.5. The van der Waals surface area contributed by atoms with Gasteiger partial charge in [-0.1, -0.05) is 15.9 Å². The highest BCUT2D eigenvalue weighted by Gasteiger charge is 2.49. The summed E-state index contributed by atoms with van der Waals surface area (Å²) in [5.74, 6) is 0.110. The average molecular weight is 822 g/mol. The van der Waals surface area contributed by atoms with E-state index >= 15 is 0 Å². The summed E-state index contributed by atoms with van der Waals surface area (Å²) in [5.41, 5.74) is -1.67. The van der Waals surface area contributed by atoms with Crippen LogP contribution < -0.4 is 4.18 Å². The molecule has 0 aliphatic rings. The van der Waals surface area contributed by atoms with E-state index in [4.69, 9.17) is 0 Å². The van der Waals surface area contributed by atoms with Crippen LogP contribution in [0.15, 0.2) is 42.2 Å². The number of fused-ring (bicyclic) bond motifs is 2. The quantitative estimate of drug-likeness (QED) is 0.156. The van der Waals surface area contributed by atoms with Gasteiger partial charge in [0.2, 0.25) is 0 Å². The van der Waals surface area contributed by atoms with Crippen molar-refractivity contribution in [3.63, 3.8) is 0 Å². The van der Waals surface area contributed by atoms with E-state index in [0.29, 0.717) is 19.9 Å². The number of aryl methyl sites for hydroxylation is 4. The third-order valence-corrected chi connectivity index (χ3v) is 9.97. The molecule has 4 rings (SSSR count). The van der Waals surface area contributed by atoms with Gasteiger partial charge in [-0.3, -0.25) is 0 Å². The van der Waals surface area contributed by atoms with Crippen LogP contribution in [0, 0.1) is 34.6 Å². The van der Waals surface area contributed by atoms with E-state index in [-0.39, 0.29) is 21.7 Å². The lowest BCUT2D eigenvalue weighted by molar-refractivity contribution is -0.0500. The van der Waals surface area contributed by atoms with E-state index in [1.54, 1.807) is 12.1 Å². The Balaban J connectivity index is 0.000000230. The van der Waals surface area contributed by atoms with Crippen LogP contribution in [0.25, 0.3) is 21.5 Å². The Bertz CT molecular complexity index is 1700. The van der Waals surface area contributed by atoms with E-state index in [0.717, 1.165) is 42.9 Å². The second kappa shape index (κ2) is 11.4. The van der Waals surface area contributed by atoms with Crippen molar-refractivity contribution in [1.29, 1.82) is 0 Å². The van der Waals surface area contributed by atoms with Crippen molar-refractivity contribution in [3.8, 4) is 17.2 Å². The lowest BCUT2D eigenvalue weighted by atomic mass is 9.97. The molecule has 0 atom stereocenters. The van der Waals surface area contributed by atoms with Crippen LogP contribution in [0.3, 0.4) is 0 Å². The first-order valence-electron chi connectivity index (χ1n) is 11.0. The highest BCUT2D eigenvalue weighted by molar-refractivity contribution is 9.11. The molecule has 0 aliphatic carbocycles. The first kappa shape index (κ1) is 32.0. The average Bonchev–Trinajstić information content (AvgIpc) is 2.84. The van der Waals surface area contributed by atoms with Crippen LogP contribution in [0.4, 0.5) is 13.2 Å². The Kier molecular flexibility index (Phi) is 9.34. The SMILES string of the molecule is Cc1c(Br)cc2c(C)c(OS(=O)(=O)C(F)(F)F)c(Br)cc2c1C.Cc1c(O)c(Br)cc2c(C)c(O)c(Br)cc12. The van der Waals surface area contributed by atoms with Gasteiger partial charge in [0.25, 0.3) is 0 Å². The molecule has 2 N–H and O–H groups in total. The molecule has 0 fully saturated rings. The Labute approximate surface area is 257 Å². The molecule has 39 heavy (non-hydrogen) atoms. The molecule has 0 saturated carbocycles. The first-order chi connectivity index (χ1) is 17.8. The maximum Gasteiger partial charge on any atom is 0.534 e. The van der Waals surface area contributed by atoms with Crippen LogP contribution in [-0.4, -0.2) is 24.1 Å². The normalized spacial score (nSPS) is 12.0. The predicted octanol–water partition coefficient (Wildman–Crippen LogP) is 9.91. The van der Waals surface area contributed by atoms with Crippen molar-refractivity contribution >= 4 is 95.4 Å². The van der Waals surface area contributed by atoms with E-state index in [1.165, 1.54) is 6.92 Å². The predicted molar refractivity (Wildman–Crippen MR) is 161 cm³/mol. The monoisotopic (exact) mass is 818 g/mol. The Morgan fingerprint density at radius 3 is 1.41 bits per heavy atom. The zero-order chi connectivity index (χ0) is 29.8. The Hall–Kier alpha value is -1.54. The zero-order valence-electron chi connectivity index (χ0n) is 21.0. The third kappa shape index (κ3) is 6.07. The topological polar surface area (TPSA) is 83.8 Å². The minimum Gasteiger partial charge on any atom is -0.506 e. The van der Waals surface area contributed by atoms with Gasteiger partial charge in [0, 0.05) is 10.0 Å². The standard InChI is InChI=1S/C14H11Br2F3O3S.C12H10Br2O2/c1-6-7(2)11(15)4-10-8(3)13(12(16)5-9(6)10)22-23(20,21)14(17,18)19;1-5-7-3-10(14)12(16)6(2)8(7)4-9(13)11(5)15/h4-5H,1-3H3;3-4,15-16H,1-2H3. The molecular weight excluding hydrogens is 801 g/mol. The Morgan fingerprint density at radius 1 is 0.615 bits per heavy atom. The molecule has 0 amide bonds. The summed E-state index contributed by atoms with van der Waals surface area (Å²) in [5, 5.41) is 22.9. The summed E-state index contributed by atoms with van der Waals surface area (Å²) in [6.45, 7) is 8.99. The summed E-state index contributed by atoms with van der Waals surface area (Å²) >= 11 is 13.1. The highest BCUT2D eigenvalue weighted by atomic mass is 79.9. The maximum atomic E-state index is 12.5.